The van der Waals surface area contributed by atoms with E-state index in [1.165, 1.54) is 6.42 Å². The van der Waals surface area contributed by atoms with Gasteiger partial charge in [-0.25, -0.2) is 0 Å². The summed E-state index contributed by atoms with van der Waals surface area (Å²) in [5.74, 6) is 2.57. The molecule has 0 radical (unpaired) electrons. The van der Waals surface area contributed by atoms with Crippen molar-refractivity contribution in [3.8, 4) is 0 Å². The molecule has 1 aliphatic heterocycles. The SMILES string of the molecule is NCCCCCCC(=O)N1CCSCC1. The maximum absolute atomic E-state index is 11.7. The molecule has 1 saturated heterocycles. The zero-order chi connectivity index (χ0) is 10.9. The first-order chi connectivity index (χ1) is 7.34. The highest BCUT2D eigenvalue weighted by Crippen LogP contribution is 2.12. The van der Waals surface area contributed by atoms with E-state index < -0.39 is 0 Å². The van der Waals surface area contributed by atoms with Crippen molar-refractivity contribution in [3.05, 3.63) is 0 Å². The van der Waals surface area contributed by atoms with Crippen molar-refractivity contribution < 1.29 is 4.79 Å². The fourth-order valence-corrected chi connectivity index (χ4v) is 2.65. The standard InChI is InChI=1S/C11H22N2OS/c12-6-4-2-1-3-5-11(14)13-7-9-15-10-8-13/h1-10,12H2. The van der Waals surface area contributed by atoms with Crippen LogP contribution in [0.5, 0.6) is 0 Å². The summed E-state index contributed by atoms with van der Waals surface area (Å²) in [6, 6.07) is 0. The van der Waals surface area contributed by atoms with E-state index >= 15 is 0 Å². The lowest BCUT2D eigenvalue weighted by Gasteiger charge is -2.26. The minimum atomic E-state index is 0.350. The molecule has 3 nitrogen and oxygen atoms in total. The van der Waals surface area contributed by atoms with Gasteiger partial charge in [-0.05, 0) is 19.4 Å². The largest absolute Gasteiger partial charge is 0.341 e. The molecule has 0 aromatic rings. The van der Waals surface area contributed by atoms with Crippen molar-refractivity contribution in [2.45, 2.75) is 32.1 Å². The molecule has 0 aromatic heterocycles. The van der Waals surface area contributed by atoms with Gasteiger partial charge in [0.25, 0.3) is 0 Å². The molecule has 0 atom stereocenters. The zero-order valence-electron chi connectivity index (χ0n) is 9.41. The van der Waals surface area contributed by atoms with Crippen LogP contribution in [0.4, 0.5) is 0 Å². The third-order valence-electron chi connectivity index (χ3n) is 2.71. The molecule has 1 rings (SSSR count). The fraction of sp³-hybridized carbons (Fsp3) is 0.909. The number of amides is 1. The van der Waals surface area contributed by atoms with Crippen LogP contribution in [-0.4, -0.2) is 41.9 Å². The van der Waals surface area contributed by atoms with E-state index in [0.717, 1.165) is 56.8 Å². The van der Waals surface area contributed by atoms with Gasteiger partial charge in [-0.3, -0.25) is 4.79 Å². The molecule has 0 aromatic carbocycles. The summed E-state index contributed by atoms with van der Waals surface area (Å²) in [6.45, 7) is 2.68. The normalized spacial score (nSPS) is 16.7. The lowest BCUT2D eigenvalue weighted by atomic mass is 10.1. The molecule has 15 heavy (non-hydrogen) atoms. The summed E-state index contributed by atoms with van der Waals surface area (Å²) < 4.78 is 0. The minimum Gasteiger partial charge on any atom is -0.341 e. The van der Waals surface area contributed by atoms with Gasteiger partial charge in [0.15, 0.2) is 0 Å². The zero-order valence-corrected chi connectivity index (χ0v) is 10.2. The summed E-state index contributed by atoms with van der Waals surface area (Å²) in [7, 11) is 0. The van der Waals surface area contributed by atoms with E-state index in [1.54, 1.807) is 0 Å². The van der Waals surface area contributed by atoms with Gasteiger partial charge in [0.1, 0.15) is 0 Å². The highest BCUT2D eigenvalue weighted by Gasteiger charge is 2.15. The molecule has 0 spiro atoms. The van der Waals surface area contributed by atoms with Crippen molar-refractivity contribution in [2.24, 2.45) is 5.73 Å². The minimum absolute atomic E-state index is 0.350. The van der Waals surface area contributed by atoms with Crippen LogP contribution in [0.15, 0.2) is 0 Å². The lowest BCUT2D eigenvalue weighted by molar-refractivity contribution is -0.130. The molecule has 1 heterocycles. The van der Waals surface area contributed by atoms with Crippen LogP contribution in [0.3, 0.4) is 0 Å². The van der Waals surface area contributed by atoms with E-state index in [0.29, 0.717) is 5.91 Å². The molecule has 1 aliphatic rings. The molecule has 0 bridgehead atoms. The average molecular weight is 230 g/mol. The highest BCUT2D eigenvalue weighted by atomic mass is 32.2. The number of carbonyl (C=O) groups is 1. The van der Waals surface area contributed by atoms with Crippen molar-refractivity contribution in [3.63, 3.8) is 0 Å². The second-order valence-electron chi connectivity index (χ2n) is 3.95. The number of nitrogens with two attached hydrogens (primary N) is 1. The highest BCUT2D eigenvalue weighted by molar-refractivity contribution is 7.99. The summed E-state index contributed by atoms with van der Waals surface area (Å²) in [6.07, 6.45) is 5.16. The monoisotopic (exact) mass is 230 g/mol. The van der Waals surface area contributed by atoms with Crippen LogP contribution in [0.2, 0.25) is 0 Å². The van der Waals surface area contributed by atoms with E-state index in [1.807, 2.05) is 16.7 Å². The van der Waals surface area contributed by atoms with Crippen LogP contribution >= 0.6 is 11.8 Å². The number of hydrogen-bond acceptors (Lipinski definition) is 3. The van der Waals surface area contributed by atoms with Crippen LogP contribution in [0.25, 0.3) is 0 Å². The number of carbonyl (C=O) groups excluding carboxylic acids is 1. The van der Waals surface area contributed by atoms with E-state index in [-0.39, 0.29) is 0 Å². The topological polar surface area (TPSA) is 46.3 Å². The van der Waals surface area contributed by atoms with Crippen LogP contribution < -0.4 is 5.73 Å². The van der Waals surface area contributed by atoms with Crippen LogP contribution in [-0.2, 0) is 4.79 Å². The number of hydrogen-bond donors (Lipinski definition) is 1. The lowest BCUT2D eigenvalue weighted by Crippen LogP contribution is -2.37. The maximum Gasteiger partial charge on any atom is 0.222 e. The first-order valence-electron chi connectivity index (χ1n) is 5.90. The Bertz CT molecular complexity index is 181. The van der Waals surface area contributed by atoms with Gasteiger partial charge in [0, 0.05) is 31.0 Å². The molecular formula is C11H22N2OS. The quantitative estimate of drug-likeness (QED) is 0.703. The van der Waals surface area contributed by atoms with Crippen LogP contribution in [0, 0.1) is 0 Å². The molecule has 88 valence electrons. The molecule has 0 unspecified atom stereocenters. The van der Waals surface area contributed by atoms with E-state index in [9.17, 15) is 4.79 Å². The summed E-state index contributed by atoms with van der Waals surface area (Å²) in [5.41, 5.74) is 5.41. The molecular weight excluding hydrogens is 208 g/mol. The maximum atomic E-state index is 11.7. The summed E-state index contributed by atoms with van der Waals surface area (Å²) in [5, 5.41) is 0. The number of rotatable bonds is 6. The van der Waals surface area contributed by atoms with Crippen LogP contribution in [0.1, 0.15) is 32.1 Å². The molecule has 2 N–H and O–H groups in total. The Labute approximate surface area is 96.8 Å². The third-order valence-corrected chi connectivity index (χ3v) is 3.65. The Morgan fingerprint density at radius 1 is 1.13 bits per heavy atom. The number of thioether (sulfide) groups is 1. The molecule has 1 amide bonds. The van der Waals surface area contributed by atoms with Gasteiger partial charge in [-0.1, -0.05) is 12.8 Å². The molecule has 1 fully saturated rings. The number of unbranched alkanes of at least 4 members (excludes halogenated alkanes) is 3. The fourth-order valence-electron chi connectivity index (χ4n) is 1.74. The van der Waals surface area contributed by atoms with Gasteiger partial charge < -0.3 is 10.6 Å². The van der Waals surface area contributed by atoms with Crippen molar-refractivity contribution >= 4 is 17.7 Å². The predicted octanol–water partition coefficient (Wildman–Crippen LogP) is 1.47. The Balaban J connectivity index is 2.02. The van der Waals surface area contributed by atoms with E-state index in [4.69, 9.17) is 5.73 Å². The first kappa shape index (κ1) is 12.8. The first-order valence-corrected chi connectivity index (χ1v) is 7.05. The molecule has 4 heteroatoms. The smallest absolute Gasteiger partial charge is 0.222 e. The Kier molecular flexibility index (Phi) is 6.85. The van der Waals surface area contributed by atoms with Gasteiger partial charge in [0.2, 0.25) is 5.91 Å². The van der Waals surface area contributed by atoms with Crippen molar-refractivity contribution in [1.82, 2.24) is 4.90 Å². The summed E-state index contributed by atoms with van der Waals surface area (Å²) >= 11 is 1.94. The average Bonchev–Trinajstić information content (AvgIpc) is 2.30. The Morgan fingerprint density at radius 3 is 2.47 bits per heavy atom. The van der Waals surface area contributed by atoms with Gasteiger partial charge in [0.05, 0.1) is 0 Å². The van der Waals surface area contributed by atoms with Gasteiger partial charge in [-0.15, -0.1) is 0 Å². The number of nitrogens with zero attached hydrogens (tertiary/aromatic N) is 1. The second kappa shape index (κ2) is 7.99. The Hall–Kier alpha value is -0.220. The van der Waals surface area contributed by atoms with Gasteiger partial charge in [-0.2, -0.15) is 11.8 Å². The molecule has 0 saturated carbocycles. The predicted molar refractivity (Wildman–Crippen MR) is 66.0 cm³/mol. The Morgan fingerprint density at radius 2 is 1.80 bits per heavy atom. The molecule has 0 aliphatic carbocycles. The van der Waals surface area contributed by atoms with Gasteiger partial charge >= 0.3 is 0 Å². The van der Waals surface area contributed by atoms with Crippen molar-refractivity contribution in [2.75, 3.05) is 31.1 Å². The van der Waals surface area contributed by atoms with E-state index in [2.05, 4.69) is 0 Å². The third kappa shape index (κ3) is 5.42. The second-order valence-corrected chi connectivity index (χ2v) is 5.17. The van der Waals surface area contributed by atoms with Crippen molar-refractivity contribution in [1.29, 1.82) is 0 Å². The summed E-state index contributed by atoms with van der Waals surface area (Å²) in [4.78, 5) is 13.7.